The number of ether oxygens (including phenoxy) is 1. The summed E-state index contributed by atoms with van der Waals surface area (Å²) in [6.07, 6.45) is 0.941. The highest BCUT2D eigenvalue weighted by atomic mass is 35.5. The Bertz CT molecular complexity index is 655. The number of hydrogen-bond acceptors (Lipinski definition) is 5. The van der Waals surface area contributed by atoms with Crippen LogP contribution in [0.25, 0.3) is 10.2 Å². The van der Waals surface area contributed by atoms with Crippen molar-refractivity contribution in [1.82, 2.24) is 15.2 Å². The lowest BCUT2D eigenvalue weighted by Crippen LogP contribution is -2.38. The maximum absolute atomic E-state index is 12.1. The lowest BCUT2D eigenvalue weighted by molar-refractivity contribution is 0.0374. The lowest BCUT2D eigenvalue weighted by Gasteiger charge is -2.26. The molecule has 1 aliphatic heterocycles. The van der Waals surface area contributed by atoms with Crippen LogP contribution in [0.3, 0.4) is 0 Å². The van der Waals surface area contributed by atoms with E-state index < -0.39 is 0 Å². The van der Waals surface area contributed by atoms with Crippen LogP contribution in [0.4, 0.5) is 0 Å². The molecular weight excluding hydrogens is 322 g/mol. The molecule has 3 rings (SSSR count). The van der Waals surface area contributed by atoms with Crippen LogP contribution in [0, 0.1) is 0 Å². The van der Waals surface area contributed by atoms with E-state index in [2.05, 4.69) is 15.2 Å². The van der Waals surface area contributed by atoms with Gasteiger partial charge in [0.25, 0.3) is 5.91 Å². The molecule has 0 radical (unpaired) electrons. The topological polar surface area (TPSA) is 54.5 Å². The fraction of sp³-hybridized carbons (Fsp3) is 0.467. The van der Waals surface area contributed by atoms with Crippen LogP contribution >= 0.6 is 22.9 Å². The average molecular weight is 340 g/mol. The summed E-state index contributed by atoms with van der Waals surface area (Å²) in [7, 11) is 0. The zero-order valence-corrected chi connectivity index (χ0v) is 13.8. The Morgan fingerprint density at radius 1 is 1.41 bits per heavy atom. The molecule has 1 aromatic heterocycles. The molecule has 0 spiro atoms. The summed E-state index contributed by atoms with van der Waals surface area (Å²) in [6.45, 7) is 5.24. The second kappa shape index (κ2) is 7.37. The van der Waals surface area contributed by atoms with Crippen molar-refractivity contribution in [3.63, 3.8) is 0 Å². The smallest absolute Gasteiger partial charge is 0.251 e. The number of carbonyl (C=O) groups is 1. The molecule has 2 heterocycles. The van der Waals surface area contributed by atoms with Crippen LogP contribution in [0.15, 0.2) is 18.2 Å². The first kappa shape index (κ1) is 15.7. The number of thiazole rings is 1. The minimum absolute atomic E-state index is 0.0620. The standard InChI is InChI=1S/C15H18ClN3O2S/c16-15-18-12-10-11(2-3-13(12)22-15)14(20)17-4-1-5-19-6-8-21-9-7-19/h2-3,10H,1,4-9H2,(H,17,20). The molecule has 1 aliphatic rings. The van der Waals surface area contributed by atoms with E-state index in [1.807, 2.05) is 12.1 Å². The van der Waals surface area contributed by atoms with Gasteiger partial charge in [-0.2, -0.15) is 0 Å². The Hall–Kier alpha value is -1.21. The molecule has 1 saturated heterocycles. The zero-order valence-electron chi connectivity index (χ0n) is 12.2. The van der Waals surface area contributed by atoms with Gasteiger partial charge in [-0.1, -0.05) is 11.6 Å². The SMILES string of the molecule is O=C(NCCCN1CCOCC1)c1ccc2sc(Cl)nc2c1. The van der Waals surface area contributed by atoms with Crippen molar-refractivity contribution in [2.24, 2.45) is 0 Å². The van der Waals surface area contributed by atoms with Gasteiger partial charge in [-0.25, -0.2) is 4.98 Å². The molecule has 5 nitrogen and oxygen atoms in total. The van der Waals surface area contributed by atoms with E-state index in [9.17, 15) is 4.79 Å². The summed E-state index contributed by atoms with van der Waals surface area (Å²) in [4.78, 5) is 18.7. The molecule has 0 aliphatic carbocycles. The summed E-state index contributed by atoms with van der Waals surface area (Å²) >= 11 is 7.30. The third kappa shape index (κ3) is 3.95. The molecule has 2 aromatic rings. The lowest BCUT2D eigenvalue weighted by atomic mass is 10.2. The summed E-state index contributed by atoms with van der Waals surface area (Å²) < 4.78 is 6.81. The molecule has 1 N–H and O–H groups in total. The summed E-state index contributed by atoms with van der Waals surface area (Å²) in [5.41, 5.74) is 1.40. The summed E-state index contributed by atoms with van der Waals surface area (Å²) in [5, 5.41) is 2.96. The zero-order chi connectivity index (χ0) is 15.4. The van der Waals surface area contributed by atoms with Crippen molar-refractivity contribution in [1.29, 1.82) is 0 Å². The first-order chi connectivity index (χ1) is 10.7. The molecule has 1 aromatic carbocycles. The molecule has 0 unspecified atom stereocenters. The van der Waals surface area contributed by atoms with Crippen molar-refractivity contribution in [3.05, 3.63) is 28.2 Å². The van der Waals surface area contributed by atoms with Gasteiger partial charge in [0, 0.05) is 25.2 Å². The second-order valence-electron chi connectivity index (χ2n) is 5.21. The van der Waals surface area contributed by atoms with Crippen LogP contribution in [-0.4, -0.2) is 55.2 Å². The second-order valence-corrected chi connectivity index (χ2v) is 6.83. The number of morpholine rings is 1. The monoisotopic (exact) mass is 339 g/mol. The number of nitrogens with zero attached hydrogens (tertiary/aromatic N) is 2. The Morgan fingerprint density at radius 3 is 3.05 bits per heavy atom. The highest BCUT2D eigenvalue weighted by molar-refractivity contribution is 7.22. The van der Waals surface area contributed by atoms with Crippen molar-refractivity contribution in [2.45, 2.75) is 6.42 Å². The first-order valence-electron chi connectivity index (χ1n) is 7.37. The predicted octanol–water partition coefficient (Wildman–Crippen LogP) is 2.40. The van der Waals surface area contributed by atoms with Crippen molar-refractivity contribution in [3.8, 4) is 0 Å². The average Bonchev–Trinajstić information content (AvgIpc) is 2.91. The summed E-state index contributed by atoms with van der Waals surface area (Å²) in [6, 6.07) is 5.49. The molecule has 22 heavy (non-hydrogen) atoms. The van der Waals surface area contributed by atoms with Crippen molar-refractivity contribution >= 4 is 39.1 Å². The maximum Gasteiger partial charge on any atom is 0.251 e. The minimum Gasteiger partial charge on any atom is -0.379 e. The Kier molecular flexibility index (Phi) is 5.25. The number of carbonyl (C=O) groups excluding carboxylic acids is 1. The van der Waals surface area contributed by atoms with E-state index in [4.69, 9.17) is 16.3 Å². The fourth-order valence-corrected chi connectivity index (χ4v) is 3.48. The maximum atomic E-state index is 12.1. The molecule has 0 saturated carbocycles. The largest absolute Gasteiger partial charge is 0.379 e. The highest BCUT2D eigenvalue weighted by Crippen LogP contribution is 2.26. The van der Waals surface area contributed by atoms with Crippen molar-refractivity contribution in [2.75, 3.05) is 39.4 Å². The number of rotatable bonds is 5. The van der Waals surface area contributed by atoms with E-state index >= 15 is 0 Å². The Labute approximate surface area is 138 Å². The molecular formula is C15H18ClN3O2S. The summed E-state index contributed by atoms with van der Waals surface area (Å²) in [5.74, 6) is -0.0620. The van der Waals surface area contributed by atoms with Gasteiger partial charge in [0.15, 0.2) is 4.47 Å². The molecule has 0 atom stereocenters. The van der Waals surface area contributed by atoms with Crippen LogP contribution in [-0.2, 0) is 4.74 Å². The Morgan fingerprint density at radius 2 is 2.23 bits per heavy atom. The van der Waals surface area contributed by atoms with Gasteiger partial charge in [0.1, 0.15) is 0 Å². The number of nitrogens with one attached hydrogen (secondary N) is 1. The van der Waals surface area contributed by atoms with Crippen molar-refractivity contribution < 1.29 is 9.53 Å². The van der Waals surface area contributed by atoms with Crippen LogP contribution in [0.1, 0.15) is 16.8 Å². The van der Waals surface area contributed by atoms with E-state index in [1.165, 1.54) is 11.3 Å². The number of hydrogen-bond donors (Lipinski definition) is 1. The van der Waals surface area contributed by atoms with E-state index in [1.54, 1.807) is 6.07 Å². The molecule has 118 valence electrons. The number of benzene rings is 1. The fourth-order valence-electron chi connectivity index (χ4n) is 2.47. The number of fused-ring (bicyclic) bond motifs is 1. The molecule has 1 amide bonds. The highest BCUT2D eigenvalue weighted by Gasteiger charge is 2.11. The molecule has 7 heteroatoms. The van der Waals surface area contributed by atoms with E-state index in [0.717, 1.165) is 49.5 Å². The van der Waals surface area contributed by atoms with E-state index in [-0.39, 0.29) is 5.91 Å². The third-order valence-electron chi connectivity index (χ3n) is 3.66. The third-order valence-corrected chi connectivity index (χ3v) is 4.80. The first-order valence-corrected chi connectivity index (χ1v) is 8.56. The van der Waals surface area contributed by atoms with Crippen LogP contribution in [0.2, 0.25) is 4.47 Å². The predicted molar refractivity (Wildman–Crippen MR) is 88.8 cm³/mol. The van der Waals surface area contributed by atoms with Gasteiger partial charge < -0.3 is 10.1 Å². The van der Waals surface area contributed by atoms with Crippen LogP contribution in [0.5, 0.6) is 0 Å². The van der Waals surface area contributed by atoms with Gasteiger partial charge in [-0.3, -0.25) is 9.69 Å². The molecule has 0 bridgehead atoms. The van der Waals surface area contributed by atoms with Gasteiger partial charge in [0.05, 0.1) is 23.4 Å². The molecule has 1 fully saturated rings. The quantitative estimate of drug-likeness (QED) is 0.850. The normalized spacial score (nSPS) is 16.0. The van der Waals surface area contributed by atoms with Gasteiger partial charge >= 0.3 is 0 Å². The number of amides is 1. The van der Waals surface area contributed by atoms with Gasteiger partial charge in [-0.05, 0) is 31.2 Å². The number of halogens is 1. The Balaban J connectivity index is 1.48. The van der Waals surface area contributed by atoms with Gasteiger partial charge in [0.2, 0.25) is 0 Å². The number of aromatic nitrogens is 1. The van der Waals surface area contributed by atoms with Gasteiger partial charge in [-0.15, -0.1) is 11.3 Å². The van der Waals surface area contributed by atoms with E-state index in [0.29, 0.717) is 16.6 Å². The van der Waals surface area contributed by atoms with Crippen LogP contribution < -0.4 is 5.32 Å². The minimum atomic E-state index is -0.0620.